The number of aromatic nitrogens is 2. The summed E-state index contributed by atoms with van der Waals surface area (Å²) in [7, 11) is 0. The Labute approximate surface area is 224 Å². The van der Waals surface area contributed by atoms with Gasteiger partial charge in [-0.2, -0.15) is 0 Å². The Kier molecular flexibility index (Phi) is 7.32. The number of hydrogen-bond acceptors (Lipinski definition) is 7. The summed E-state index contributed by atoms with van der Waals surface area (Å²) in [6.45, 7) is 5.55. The molecule has 2 aliphatic rings. The molecule has 0 N–H and O–H groups in total. The van der Waals surface area contributed by atoms with Crippen LogP contribution < -0.4 is 15.4 Å². The van der Waals surface area contributed by atoms with Crippen molar-refractivity contribution in [3.05, 3.63) is 74.5 Å². The van der Waals surface area contributed by atoms with Gasteiger partial charge in [-0.15, -0.1) is 0 Å². The zero-order valence-corrected chi connectivity index (χ0v) is 22.3. The maximum atomic E-state index is 13.6. The van der Waals surface area contributed by atoms with Gasteiger partial charge >= 0.3 is 0 Å². The number of thiocarbonyl (C=S) groups is 1. The van der Waals surface area contributed by atoms with Crippen molar-refractivity contribution >= 4 is 69.0 Å². The molecule has 7 nitrogen and oxygen atoms in total. The maximum Gasteiger partial charge on any atom is 0.267 e. The first-order chi connectivity index (χ1) is 17.5. The van der Waals surface area contributed by atoms with Crippen LogP contribution in [0.5, 0.6) is 0 Å². The standard InChI is InChI=1S/C26H26ClN5O2S2/c1-2-3-10-32-25(34)21(36-26(32)35)17-20-23(28-22-9-4-5-11-31(22)24(20)33)30-14-12-29(13-15-30)19-8-6-7-18(27)16-19/h4-9,11,16-17H,2-3,10,12-15H2,1H3/b21-17-. The van der Waals surface area contributed by atoms with Crippen LogP contribution in [0.3, 0.4) is 0 Å². The first-order valence-corrected chi connectivity index (χ1v) is 13.6. The number of anilines is 2. The zero-order valence-electron chi connectivity index (χ0n) is 19.9. The molecule has 186 valence electrons. The molecule has 0 unspecified atom stereocenters. The Morgan fingerprint density at radius 2 is 1.86 bits per heavy atom. The summed E-state index contributed by atoms with van der Waals surface area (Å²) >= 11 is 12.9. The predicted molar refractivity (Wildman–Crippen MR) is 152 cm³/mol. The molecule has 0 radical (unpaired) electrons. The minimum absolute atomic E-state index is 0.146. The number of unbranched alkanes of at least 4 members (excludes halogenated alkanes) is 1. The summed E-state index contributed by atoms with van der Waals surface area (Å²) in [5.41, 5.74) is 1.85. The van der Waals surface area contributed by atoms with E-state index in [-0.39, 0.29) is 11.5 Å². The Morgan fingerprint density at radius 3 is 2.61 bits per heavy atom. The molecule has 2 aromatic heterocycles. The third-order valence-corrected chi connectivity index (χ3v) is 8.00. The normalized spacial score (nSPS) is 17.6. The van der Waals surface area contributed by atoms with Gasteiger partial charge in [-0.3, -0.25) is 18.9 Å². The van der Waals surface area contributed by atoms with Crippen molar-refractivity contribution in [3.63, 3.8) is 0 Å². The summed E-state index contributed by atoms with van der Waals surface area (Å²) in [6.07, 6.45) is 5.23. The van der Waals surface area contributed by atoms with E-state index in [4.69, 9.17) is 28.8 Å². The van der Waals surface area contributed by atoms with Gasteiger partial charge in [-0.25, -0.2) is 4.98 Å². The van der Waals surface area contributed by atoms with E-state index >= 15 is 0 Å². The molecule has 2 saturated heterocycles. The van der Waals surface area contributed by atoms with Gasteiger partial charge < -0.3 is 9.80 Å². The van der Waals surface area contributed by atoms with Crippen LogP contribution in [0.25, 0.3) is 11.7 Å². The fourth-order valence-corrected chi connectivity index (χ4v) is 5.92. The SMILES string of the molecule is CCCCN1C(=O)/C(=C/c2c(N3CCN(c4cccc(Cl)c4)CC3)nc3ccccn3c2=O)SC1=S. The number of piperazine rings is 1. The maximum absolute atomic E-state index is 13.6. The Balaban J connectivity index is 1.49. The van der Waals surface area contributed by atoms with Crippen molar-refractivity contribution in [2.24, 2.45) is 0 Å². The van der Waals surface area contributed by atoms with Crippen LogP contribution in [0.1, 0.15) is 25.3 Å². The molecule has 10 heteroatoms. The molecule has 0 atom stereocenters. The highest BCUT2D eigenvalue weighted by Crippen LogP contribution is 2.34. The van der Waals surface area contributed by atoms with Crippen LogP contribution in [0, 0.1) is 0 Å². The molecule has 0 aliphatic carbocycles. The van der Waals surface area contributed by atoms with Gasteiger partial charge in [0.15, 0.2) is 0 Å². The van der Waals surface area contributed by atoms with Gasteiger partial charge in [0.25, 0.3) is 11.5 Å². The Morgan fingerprint density at radius 1 is 1.08 bits per heavy atom. The number of nitrogens with zero attached hydrogens (tertiary/aromatic N) is 5. The van der Waals surface area contributed by atoms with Crippen molar-refractivity contribution < 1.29 is 4.79 Å². The second-order valence-corrected chi connectivity index (χ2v) is 10.8. The van der Waals surface area contributed by atoms with E-state index in [0.717, 1.165) is 31.6 Å². The number of fused-ring (bicyclic) bond motifs is 1. The largest absolute Gasteiger partial charge is 0.368 e. The molecule has 0 saturated carbocycles. The summed E-state index contributed by atoms with van der Waals surface area (Å²) in [5.74, 6) is 0.448. The van der Waals surface area contributed by atoms with Crippen LogP contribution in [-0.2, 0) is 4.79 Å². The number of carbonyl (C=O) groups excluding carboxylic acids is 1. The molecule has 1 aromatic carbocycles. The third-order valence-electron chi connectivity index (χ3n) is 6.39. The second kappa shape index (κ2) is 10.6. The van der Waals surface area contributed by atoms with E-state index in [1.807, 2.05) is 36.4 Å². The minimum Gasteiger partial charge on any atom is -0.368 e. The number of amides is 1. The molecular weight excluding hydrogens is 514 g/mol. The lowest BCUT2D eigenvalue weighted by Crippen LogP contribution is -2.47. The van der Waals surface area contributed by atoms with Gasteiger partial charge in [0.05, 0.1) is 10.5 Å². The number of hydrogen-bond donors (Lipinski definition) is 0. The van der Waals surface area contributed by atoms with Crippen LogP contribution in [-0.4, -0.2) is 57.2 Å². The highest BCUT2D eigenvalue weighted by Gasteiger charge is 2.32. The molecule has 2 fully saturated rings. The van der Waals surface area contributed by atoms with Crippen molar-refractivity contribution in [1.82, 2.24) is 14.3 Å². The predicted octanol–water partition coefficient (Wildman–Crippen LogP) is 4.68. The lowest BCUT2D eigenvalue weighted by molar-refractivity contribution is -0.122. The molecule has 5 rings (SSSR count). The third kappa shape index (κ3) is 4.87. The fourth-order valence-electron chi connectivity index (χ4n) is 4.45. The fraction of sp³-hybridized carbons (Fsp3) is 0.308. The highest BCUT2D eigenvalue weighted by molar-refractivity contribution is 8.26. The van der Waals surface area contributed by atoms with E-state index in [1.54, 1.807) is 23.2 Å². The van der Waals surface area contributed by atoms with Crippen LogP contribution >= 0.6 is 35.6 Å². The first kappa shape index (κ1) is 24.8. The van der Waals surface area contributed by atoms with E-state index < -0.39 is 0 Å². The minimum atomic E-state index is -0.202. The van der Waals surface area contributed by atoms with Crippen LogP contribution in [0.2, 0.25) is 5.02 Å². The lowest BCUT2D eigenvalue weighted by Gasteiger charge is -2.37. The van der Waals surface area contributed by atoms with Crippen molar-refractivity contribution in [2.75, 3.05) is 42.5 Å². The van der Waals surface area contributed by atoms with Gasteiger partial charge in [-0.05, 0) is 42.8 Å². The Bertz CT molecular complexity index is 1410. The summed E-state index contributed by atoms with van der Waals surface area (Å²) in [4.78, 5) is 38.1. The number of pyridine rings is 1. The van der Waals surface area contributed by atoms with Gasteiger partial charge in [0.1, 0.15) is 15.8 Å². The lowest BCUT2D eigenvalue weighted by atomic mass is 10.2. The molecule has 4 heterocycles. The van der Waals surface area contributed by atoms with Crippen molar-refractivity contribution in [2.45, 2.75) is 19.8 Å². The van der Waals surface area contributed by atoms with Gasteiger partial charge in [0, 0.05) is 49.6 Å². The van der Waals surface area contributed by atoms with E-state index in [1.165, 1.54) is 16.2 Å². The molecule has 2 aliphatic heterocycles. The monoisotopic (exact) mass is 539 g/mol. The van der Waals surface area contributed by atoms with E-state index in [0.29, 0.717) is 50.9 Å². The molecule has 3 aromatic rings. The van der Waals surface area contributed by atoms with Gasteiger partial charge in [0.2, 0.25) is 0 Å². The second-order valence-electron chi connectivity index (χ2n) is 8.72. The molecular formula is C26H26ClN5O2S2. The van der Waals surface area contributed by atoms with Crippen molar-refractivity contribution in [3.8, 4) is 0 Å². The summed E-state index contributed by atoms with van der Waals surface area (Å²) in [5, 5.41) is 0.706. The summed E-state index contributed by atoms with van der Waals surface area (Å²) < 4.78 is 2.06. The average molecular weight is 540 g/mol. The van der Waals surface area contributed by atoms with E-state index in [2.05, 4.69) is 16.7 Å². The Hall–Kier alpha value is -2.88. The number of carbonyl (C=O) groups is 1. The zero-order chi connectivity index (χ0) is 25.2. The average Bonchev–Trinajstić information content (AvgIpc) is 3.16. The first-order valence-electron chi connectivity index (χ1n) is 12.0. The molecule has 0 spiro atoms. The number of thioether (sulfide) groups is 1. The van der Waals surface area contributed by atoms with Crippen LogP contribution in [0.15, 0.2) is 58.4 Å². The number of halogens is 1. The highest BCUT2D eigenvalue weighted by atomic mass is 35.5. The van der Waals surface area contributed by atoms with Gasteiger partial charge in [-0.1, -0.05) is 61.1 Å². The molecule has 36 heavy (non-hydrogen) atoms. The van der Waals surface area contributed by atoms with Crippen molar-refractivity contribution in [1.29, 1.82) is 0 Å². The molecule has 0 bridgehead atoms. The number of benzene rings is 1. The topological polar surface area (TPSA) is 61.2 Å². The summed E-state index contributed by atoms with van der Waals surface area (Å²) in [6, 6.07) is 13.3. The molecule has 1 amide bonds. The smallest absolute Gasteiger partial charge is 0.267 e. The van der Waals surface area contributed by atoms with Crippen LogP contribution in [0.4, 0.5) is 11.5 Å². The quantitative estimate of drug-likeness (QED) is 0.333. The van der Waals surface area contributed by atoms with E-state index in [9.17, 15) is 9.59 Å². The number of rotatable bonds is 6.